The minimum absolute atomic E-state index is 0.298. The summed E-state index contributed by atoms with van der Waals surface area (Å²) in [6.07, 6.45) is 1.40. The van der Waals surface area contributed by atoms with Crippen molar-refractivity contribution >= 4 is 23.5 Å². The highest BCUT2D eigenvalue weighted by molar-refractivity contribution is 6.10. The van der Waals surface area contributed by atoms with Gasteiger partial charge in [0, 0.05) is 11.3 Å². The SMILES string of the molecule is CCc1cccc(CC)c1NC(=O)CN1C(=O)NC(C)(c2cc(F)ccc2F)C1=O. The van der Waals surface area contributed by atoms with Crippen LogP contribution in [0.4, 0.5) is 19.3 Å². The predicted molar refractivity (Wildman–Crippen MR) is 108 cm³/mol. The van der Waals surface area contributed by atoms with Crippen molar-refractivity contribution in [3.63, 3.8) is 0 Å². The molecule has 3 rings (SSSR count). The molecule has 158 valence electrons. The number of para-hydroxylation sites is 1. The zero-order chi connectivity index (χ0) is 22.1. The van der Waals surface area contributed by atoms with E-state index in [-0.39, 0.29) is 5.56 Å². The third-order valence-corrected chi connectivity index (χ3v) is 5.31. The van der Waals surface area contributed by atoms with Crippen LogP contribution in [0.1, 0.15) is 37.5 Å². The van der Waals surface area contributed by atoms with Gasteiger partial charge in [0.1, 0.15) is 23.7 Å². The van der Waals surface area contributed by atoms with Gasteiger partial charge in [0.25, 0.3) is 5.91 Å². The molecule has 2 aromatic rings. The van der Waals surface area contributed by atoms with Crippen molar-refractivity contribution in [3.8, 4) is 0 Å². The number of nitrogens with zero attached hydrogens (tertiary/aromatic N) is 1. The largest absolute Gasteiger partial charge is 0.325 e. The van der Waals surface area contributed by atoms with Crippen LogP contribution in [0.25, 0.3) is 0 Å². The van der Waals surface area contributed by atoms with Gasteiger partial charge in [-0.15, -0.1) is 0 Å². The first kappa shape index (κ1) is 21.4. The van der Waals surface area contributed by atoms with Gasteiger partial charge in [0.05, 0.1) is 0 Å². The molecule has 2 N–H and O–H groups in total. The first-order valence-electron chi connectivity index (χ1n) is 9.71. The quantitative estimate of drug-likeness (QED) is 0.709. The Morgan fingerprint density at radius 1 is 1.10 bits per heavy atom. The van der Waals surface area contributed by atoms with Crippen LogP contribution in [0.5, 0.6) is 0 Å². The van der Waals surface area contributed by atoms with E-state index in [1.54, 1.807) is 0 Å². The number of carbonyl (C=O) groups is 3. The molecule has 0 radical (unpaired) electrons. The number of hydrogen-bond acceptors (Lipinski definition) is 3. The third kappa shape index (κ3) is 3.77. The predicted octanol–water partition coefficient (Wildman–Crippen LogP) is 3.50. The van der Waals surface area contributed by atoms with Crippen LogP contribution in [0.15, 0.2) is 36.4 Å². The lowest BCUT2D eigenvalue weighted by molar-refractivity contribution is -0.133. The number of halogens is 2. The Kier molecular flexibility index (Phi) is 5.87. The van der Waals surface area contributed by atoms with Crippen molar-refractivity contribution in [3.05, 3.63) is 64.7 Å². The number of hydrogen-bond donors (Lipinski definition) is 2. The average Bonchev–Trinajstić information content (AvgIpc) is 2.93. The molecule has 1 heterocycles. The number of benzene rings is 2. The van der Waals surface area contributed by atoms with E-state index in [0.717, 1.165) is 29.3 Å². The summed E-state index contributed by atoms with van der Waals surface area (Å²) in [4.78, 5) is 38.7. The first-order chi connectivity index (χ1) is 14.2. The highest BCUT2D eigenvalue weighted by atomic mass is 19.1. The number of urea groups is 1. The first-order valence-corrected chi connectivity index (χ1v) is 9.71. The van der Waals surface area contributed by atoms with Crippen LogP contribution in [-0.4, -0.2) is 29.3 Å². The summed E-state index contributed by atoms with van der Waals surface area (Å²) in [5.41, 5.74) is 0.435. The van der Waals surface area contributed by atoms with Crippen molar-refractivity contribution in [2.75, 3.05) is 11.9 Å². The number of imide groups is 1. The van der Waals surface area contributed by atoms with Crippen LogP contribution in [0.3, 0.4) is 0 Å². The fourth-order valence-electron chi connectivity index (χ4n) is 3.63. The molecule has 1 aliphatic rings. The summed E-state index contributed by atoms with van der Waals surface area (Å²) < 4.78 is 27.9. The van der Waals surface area contributed by atoms with Crippen LogP contribution < -0.4 is 10.6 Å². The van der Waals surface area contributed by atoms with Gasteiger partial charge in [-0.05, 0) is 49.1 Å². The van der Waals surface area contributed by atoms with Crippen molar-refractivity contribution < 1.29 is 23.2 Å². The van der Waals surface area contributed by atoms with E-state index in [1.807, 2.05) is 32.0 Å². The fourth-order valence-corrected chi connectivity index (χ4v) is 3.63. The Bertz CT molecular complexity index is 1000. The zero-order valence-electron chi connectivity index (χ0n) is 17.0. The smallest absolute Gasteiger partial charge is 0.324 e. The Morgan fingerprint density at radius 2 is 1.73 bits per heavy atom. The molecular formula is C22H23F2N3O3. The third-order valence-electron chi connectivity index (χ3n) is 5.31. The number of rotatable bonds is 6. The molecule has 0 saturated carbocycles. The zero-order valence-corrected chi connectivity index (χ0v) is 17.0. The van der Waals surface area contributed by atoms with Gasteiger partial charge in [0.15, 0.2) is 0 Å². The van der Waals surface area contributed by atoms with Crippen LogP contribution in [0.2, 0.25) is 0 Å². The lowest BCUT2D eigenvalue weighted by Crippen LogP contribution is -2.42. The molecule has 0 aliphatic carbocycles. The van der Waals surface area contributed by atoms with Crippen molar-refractivity contribution in [1.82, 2.24) is 10.2 Å². The number of nitrogens with one attached hydrogen (secondary N) is 2. The van der Waals surface area contributed by atoms with Crippen molar-refractivity contribution in [1.29, 1.82) is 0 Å². The molecule has 2 aromatic carbocycles. The Hall–Kier alpha value is -3.29. The van der Waals surface area contributed by atoms with Gasteiger partial charge in [0.2, 0.25) is 5.91 Å². The molecule has 8 heteroatoms. The normalized spacial score (nSPS) is 18.5. The maximum atomic E-state index is 14.2. The minimum atomic E-state index is -1.81. The van der Waals surface area contributed by atoms with Gasteiger partial charge in [-0.1, -0.05) is 32.0 Å². The van der Waals surface area contributed by atoms with E-state index in [9.17, 15) is 23.2 Å². The Balaban J connectivity index is 1.83. The van der Waals surface area contributed by atoms with Crippen LogP contribution in [0, 0.1) is 11.6 Å². The van der Waals surface area contributed by atoms with Gasteiger partial charge in [-0.2, -0.15) is 0 Å². The highest BCUT2D eigenvalue weighted by Crippen LogP contribution is 2.31. The topological polar surface area (TPSA) is 78.5 Å². The van der Waals surface area contributed by atoms with Gasteiger partial charge in [-0.3, -0.25) is 14.5 Å². The monoisotopic (exact) mass is 415 g/mol. The molecule has 1 fully saturated rings. The number of aryl methyl sites for hydroxylation is 2. The second kappa shape index (κ2) is 8.22. The molecular weight excluding hydrogens is 392 g/mol. The number of anilines is 1. The van der Waals surface area contributed by atoms with Gasteiger partial charge >= 0.3 is 6.03 Å². The molecule has 0 spiro atoms. The van der Waals surface area contributed by atoms with E-state index >= 15 is 0 Å². The van der Waals surface area contributed by atoms with E-state index in [1.165, 1.54) is 6.92 Å². The van der Waals surface area contributed by atoms with E-state index in [4.69, 9.17) is 0 Å². The highest BCUT2D eigenvalue weighted by Gasteiger charge is 2.50. The molecule has 0 bridgehead atoms. The molecule has 0 aromatic heterocycles. The van der Waals surface area contributed by atoms with Crippen LogP contribution >= 0.6 is 0 Å². The summed E-state index contributed by atoms with van der Waals surface area (Å²) in [5.74, 6) is -2.96. The van der Waals surface area contributed by atoms with Gasteiger partial charge < -0.3 is 10.6 Å². The van der Waals surface area contributed by atoms with Crippen molar-refractivity contribution in [2.45, 2.75) is 39.2 Å². The average molecular weight is 415 g/mol. The minimum Gasteiger partial charge on any atom is -0.324 e. The molecule has 1 saturated heterocycles. The lowest BCUT2D eigenvalue weighted by atomic mass is 9.91. The second-order valence-electron chi connectivity index (χ2n) is 7.28. The molecule has 1 unspecified atom stereocenters. The lowest BCUT2D eigenvalue weighted by Gasteiger charge is -2.23. The number of carbonyl (C=O) groups excluding carboxylic acids is 3. The summed E-state index contributed by atoms with van der Waals surface area (Å²) in [6, 6.07) is 7.52. The molecule has 6 nitrogen and oxygen atoms in total. The summed E-state index contributed by atoms with van der Waals surface area (Å²) in [6.45, 7) is 4.66. The number of amides is 4. The second-order valence-corrected chi connectivity index (χ2v) is 7.28. The Labute approximate surface area is 173 Å². The standard InChI is InChI=1S/C22H23F2N3O3/c1-4-13-7-6-8-14(5-2)19(13)25-18(28)12-27-20(29)22(3,26-21(27)30)16-11-15(23)9-10-17(16)24/h6-11H,4-5,12H2,1-3H3,(H,25,28)(H,26,30). The van der Waals surface area contributed by atoms with Gasteiger partial charge in [-0.25, -0.2) is 13.6 Å². The molecule has 30 heavy (non-hydrogen) atoms. The van der Waals surface area contributed by atoms with Crippen molar-refractivity contribution in [2.24, 2.45) is 0 Å². The van der Waals surface area contributed by atoms with E-state index in [0.29, 0.717) is 23.4 Å². The molecule has 1 atom stereocenters. The molecule has 1 aliphatic heterocycles. The fraction of sp³-hybridized carbons (Fsp3) is 0.318. The van der Waals surface area contributed by atoms with Crippen LogP contribution in [-0.2, 0) is 28.0 Å². The molecule has 4 amide bonds. The summed E-state index contributed by atoms with van der Waals surface area (Å²) in [7, 11) is 0. The van der Waals surface area contributed by atoms with E-state index < -0.39 is 41.6 Å². The maximum Gasteiger partial charge on any atom is 0.325 e. The summed E-state index contributed by atoms with van der Waals surface area (Å²) in [5, 5.41) is 5.17. The van der Waals surface area contributed by atoms with E-state index in [2.05, 4.69) is 10.6 Å². The Morgan fingerprint density at radius 3 is 2.33 bits per heavy atom. The maximum absolute atomic E-state index is 14.2. The summed E-state index contributed by atoms with van der Waals surface area (Å²) >= 11 is 0.